The minimum Gasteiger partial charge on any atom is -0.379 e. The van der Waals surface area contributed by atoms with Gasteiger partial charge in [0.05, 0.1) is 19.8 Å². The number of aryl methyl sites for hydroxylation is 1. The van der Waals surface area contributed by atoms with Crippen molar-refractivity contribution in [1.82, 2.24) is 19.4 Å². The van der Waals surface area contributed by atoms with Gasteiger partial charge in [0, 0.05) is 44.5 Å². The molecule has 0 radical (unpaired) electrons. The van der Waals surface area contributed by atoms with E-state index in [1.807, 2.05) is 12.4 Å². The molecule has 5 heteroatoms. The highest BCUT2D eigenvalue weighted by molar-refractivity contribution is 4.95. The highest BCUT2D eigenvalue weighted by Gasteiger charge is 2.38. The Balaban J connectivity index is 1.67. The molecule has 2 fully saturated rings. The Morgan fingerprint density at radius 3 is 3.00 bits per heavy atom. The Kier molecular flexibility index (Phi) is 4.10. The monoisotopic (exact) mass is 278 g/mol. The first-order chi connectivity index (χ1) is 9.67. The minimum absolute atomic E-state index is 0.314. The van der Waals surface area contributed by atoms with Crippen molar-refractivity contribution >= 4 is 0 Å². The Hall–Kier alpha value is -0.910. The molecule has 2 aliphatic heterocycles. The lowest BCUT2D eigenvalue weighted by molar-refractivity contribution is 0.00351. The topological polar surface area (TPSA) is 33.5 Å². The van der Waals surface area contributed by atoms with Gasteiger partial charge in [-0.3, -0.25) is 4.90 Å². The molecule has 1 unspecified atom stereocenters. The normalized spacial score (nSPS) is 29.7. The van der Waals surface area contributed by atoms with E-state index >= 15 is 0 Å². The Morgan fingerprint density at radius 2 is 2.20 bits per heavy atom. The van der Waals surface area contributed by atoms with E-state index in [0.29, 0.717) is 5.41 Å². The van der Waals surface area contributed by atoms with Crippen LogP contribution in [0.3, 0.4) is 0 Å². The van der Waals surface area contributed by atoms with Gasteiger partial charge in [-0.2, -0.15) is 0 Å². The molecule has 0 aromatic carbocycles. The molecular formula is C15H26N4O. The third-order valence-electron chi connectivity index (χ3n) is 4.66. The Morgan fingerprint density at radius 1 is 1.30 bits per heavy atom. The summed E-state index contributed by atoms with van der Waals surface area (Å²) in [6.07, 6.45) is 6.46. The molecule has 1 atom stereocenters. The van der Waals surface area contributed by atoms with Crippen LogP contribution < -0.4 is 0 Å². The van der Waals surface area contributed by atoms with Crippen LogP contribution in [0.2, 0.25) is 0 Å². The standard InChI is InChI=1S/C15H26N4O/c1-17-8-9-20-13-15(11-17)4-3-6-19(12-15)10-14-16-5-7-18(14)2/h5,7H,3-4,6,8-13H2,1-2H3. The van der Waals surface area contributed by atoms with E-state index in [1.54, 1.807) is 0 Å². The van der Waals surface area contributed by atoms with Crippen molar-refractivity contribution in [3.63, 3.8) is 0 Å². The van der Waals surface area contributed by atoms with Crippen molar-refractivity contribution < 1.29 is 4.74 Å². The number of rotatable bonds is 2. The van der Waals surface area contributed by atoms with Crippen molar-refractivity contribution in [3.05, 3.63) is 18.2 Å². The van der Waals surface area contributed by atoms with Gasteiger partial charge in [-0.15, -0.1) is 0 Å². The lowest BCUT2D eigenvalue weighted by Gasteiger charge is -2.43. The van der Waals surface area contributed by atoms with E-state index in [2.05, 4.69) is 33.4 Å². The maximum atomic E-state index is 5.88. The fourth-order valence-corrected chi connectivity index (χ4v) is 3.65. The number of likely N-dealkylation sites (tertiary alicyclic amines) is 1. The molecule has 0 N–H and O–H groups in total. The first kappa shape index (κ1) is 14.0. The van der Waals surface area contributed by atoms with Crippen LogP contribution in [0.25, 0.3) is 0 Å². The van der Waals surface area contributed by atoms with Crippen molar-refractivity contribution in [2.45, 2.75) is 19.4 Å². The molecule has 5 nitrogen and oxygen atoms in total. The molecule has 0 bridgehead atoms. The first-order valence-corrected chi connectivity index (χ1v) is 7.62. The van der Waals surface area contributed by atoms with Crippen molar-refractivity contribution in [2.75, 3.05) is 46.4 Å². The zero-order valence-corrected chi connectivity index (χ0v) is 12.7. The fraction of sp³-hybridized carbons (Fsp3) is 0.800. The van der Waals surface area contributed by atoms with Crippen molar-refractivity contribution in [2.24, 2.45) is 12.5 Å². The predicted molar refractivity (Wildman–Crippen MR) is 78.5 cm³/mol. The number of aromatic nitrogens is 2. The van der Waals surface area contributed by atoms with Crippen LogP contribution in [-0.4, -0.2) is 65.8 Å². The SMILES string of the molecule is CN1CCOCC2(CCCN(Cc3nccn3C)C2)C1. The molecular weight excluding hydrogens is 252 g/mol. The second-order valence-electron chi connectivity index (χ2n) is 6.56. The van der Waals surface area contributed by atoms with E-state index in [-0.39, 0.29) is 0 Å². The van der Waals surface area contributed by atoms with E-state index in [9.17, 15) is 0 Å². The first-order valence-electron chi connectivity index (χ1n) is 7.62. The van der Waals surface area contributed by atoms with E-state index in [1.165, 1.54) is 19.4 Å². The van der Waals surface area contributed by atoms with Gasteiger partial charge in [-0.25, -0.2) is 4.98 Å². The molecule has 2 aliphatic rings. The van der Waals surface area contributed by atoms with Gasteiger partial charge in [0.2, 0.25) is 0 Å². The minimum atomic E-state index is 0.314. The highest BCUT2D eigenvalue weighted by atomic mass is 16.5. The number of piperidine rings is 1. The number of hydrogen-bond acceptors (Lipinski definition) is 4. The molecule has 0 amide bonds. The van der Waals surface area contributed by atoms with Crippen LogP contribution in [0.5, 0.6) is 0 Å². The van der Waals surface area contributed by atoms with Gasteiger partial charge < -0.3 is 14.2 Å². The summed E-state index contributed by atoms with van der Waals surface area (Å²) in [4.78, 5) is 9.43. The van der Waals surface area contributed by atoms with Gasteiger partial charge in [0.1, 0.15) is 5.82 Å². The lowest BCUT2D eigenvalue weighted by Crippen LogP contribution is -2.49. The molecule has 112 valence electrons. The fourth-order valence-electron chi connectivity index (χ4n) is 3.65. The van der Waals surface area contributed by atoms with E-state index in [4.69, 9.17) is 4.74 Å². The number of imidazole rings is 1. The molecule has 3 heterocycles. The maximum Gasteiger partial charge on any atom is 0.122 e. The van der Waals surface area contributed by atoms with Crippen LogP contribution in [-0.2, 0) is 18.3 Å². The van der Waals surface area contributed by atoms with Crippen LogP contribution in [0.4, 0.5) is 0 Å². The summed E-state index contributed by atoms with van der Waals surface area (Å²) in [6.45, 7) is 7.26. The smallest absolute Gasteiger partial charge is 0.122 e. The lowest BCUT2D eigenvalue weighted by atomic mass is 9.80. The van der Waals surface area contributed by atoms with Crippen molar-refractivity contribution in [1.29, 1.82) is 0 Å². The summed E-state index contributed by atoms with van der Waals surface area (Å²) in [6, 6.07) is 0. The summed E-state index contributed by atoms with van der Waals surface area (Å²) in [7, 11) is 4.29. The van der Waals surface area contributed by atoms with Gasteiger partial charge >= 0.3 is 0 Å². The summed E-state index contributed by atoms with van der Waals surface area (Å²) in [5.74, 6) is 1.16. The predicted octanol–water partition coefficient (Wildman–Crippen LogP) is 0.964. The van der Waals surface area contributed by atoms with Crippen LogP contribution in [0.15, 0.2) is 12.4 Å². The number of likely N-dealkylation sites (N-methyl/N-ethyl adjacent to an activating group) is 1. The second-order valence-corrected chi connectivity index (χ2v) is 6.56. The molecule has 1 spiro atoms. The zero-order valence-electron chi connectivity index (χ0n) is 12.7. The van der Waals surface area contributed by atoms with Gasteiger partial charge in [-0.05, 0) is 26.4 Å². The summed E-state index contributed by atoms with van der Waals surface area (Å²) in [5, 5.41) is 0. The molecule has 2 saturated heterocycles. The van der Waals surface area contributed by atoms with Gasteiger partial charge in [0.25, 0.3) is 0 Å². The summed E-state index contributed by atoms with van der Waals surface area (Å²) in [5.41, 5.74) is 0.314. The highest BCUT2D eigenvalue weighted by Crippen LogP contribution is 2.33. The molecule has 1 aromatic rings. The molecule has 0 aliphatic carbocycles. The molecule has 0 saturated carbocycles. The Labute approximate surface area is 121 Å². The third kappa shape index (κ3) is 3.05. The number of nitrogens with zero attached hydrogens (tertiary/aromatic N) is 4. The zero-order chi connectivity index (χ0) is 14.0. The summed E-state index contributed by atoms with van der Waals surface area (Å²) < 4.78 is 8.00. The maximum absolute atomic E-state index is 5.88. The van der Waals surface area contributed by atoms with E-state index in [0.717, 1.165) is 45.2 Å². The number of ether oxygens (including phenoxy) is 1. The second kappa shape index (κ2) is 5.84. The van der Waals surface area contributed by atoms with Gasteiger partial charge in [0.15, 0.2) is 0 Å². The average molecular weight is 278 g/mol. The summed E-state index contributed by atoms with van der Waals surface area (Å²) >= 11 is 0. The van der Waals surface area contributed by atoms with Gasteiger partial charge in [-0.1, -0.05) is 0 Å². The third-order valence-corrected chi connectivity index (χ3v) is 4.66. The molecule has 3 rings (SSSR count). The average Bonchev–Trinajstić information content (AvgIpc) is 2.72. The quantitative estimate of drug-likeness (QED) is 0.807. The number of hydrogen-bond donors (Lipinski definition) is 0. The van der Waals surface area contributed by atoms with Crippen LogP contribution in [0.1, 0.15) is 18.7 Å². The van der Waals surface area contributed by atoms with Crippen LogP contribution in [0, 0.1) is 5.41 Å². The Bertz CT molecular complexity index is 447. The van der Waals surface area contributed by atoms with Crippen LogP contribution >= 0.6 is 0 Å². The molecule has 20 heavy (non-hydrogen) atoms. The largest absolute Gasteiger partial charge is 0.379 e. The van der Waals surface area contributed by atoms with E-state index < -0.39 is 0 Å². The molecule has 1 aromatic heterocycles. The van der Waals surface area contributed by atoms with Crippen molar-refractivity contribution in [3.8, 4) is 0 Å².